The van der Waals surface area contributed by atoms with Crippen LogP contribution in [0.2, 0.25) is 10.0 Å². The van der Waals surface area contributed by atoms with Gasteiger partial charge in [0.05, 0.1) is 17.8 Å². The minimum absolute atomic E-state index is 0.112. The summed E-state index contributed by atoms with van der Waals surface area (Å²) >= 11 is 13.4. The second kappa shape index (κ2) is 7.75. The van der Waals surface area contributed by atoms with E-state index in [0.717, 1.165) is 22.0 Å². The number of halogens is 2. The van der Waals surface area contributed by atoms with Crippen LogP contribution in [-0.2, 0) is 17.8 Å². The number of pyridine rings is 1. The number of nitrogens with zero attached hydrogens (tertiary/aromatic N) is 2. The molecule has 0 unspecified atom stereocenters. The summed E-state index contributed by atoms with van der Waals surface area (Å²) in [4.78, 5) is 20.8. The Hall–Kier alpha value is -1.95. The number of nitrogens with one attached hydrogen (secondary N) is 1. The Bertz CT molecular complexity index is 852. The summed E-state index contributed by atoms with van der Waals surface area (Å²) in [5.74, 6) is -0.112. The van der Waals surface area contributed by atoms with Crippen molar-refractivity contribution in [1.82, 2.24) is 15.3 Å². The molecule has 1 aromatic carbocycles. The normalized spacial score (nSPS) is 10.6. The van der Waals surface area contributed by atoms with Gasteiger partial charge in [0, 0.05) is 28.2 Å². The van der Waals surface area contributed by atoms with Crippen LogP contribution in [0.5, 0.6) is 0 Å². The van der Waals surface area contributed by atoms with Crippen molar-refractivity contribution < 1.29 is 4.79 Å². The van der Waals surface area contributed by atoms with Gasteiger partial charge in [-0.05, 0) is 29.8 Å². The molecule has 0 bridgehead atoms. The van der Waals surface area contributed by atoms with Gasteiger partial charge in [0.2, 0.25) is 5.91 Å². The molecule has 2 aromatic heterocycles. The molecule has 1 amide bonds. The number of amides is 1. The molecule has 0 aliphatic carbocycles. The molecule has 122 valence electrons. The molecule has 0 fully saturated rings. The maximum atomic E-state index is 12.1. The molecule has 0 radical (unpaired) electrons. The van der Waals surface area contributed by atoms with E-state index in [0.29, 0.717) is 16.6 Å². The number of rotatable bonds is 5. The van der Waals surface area contributed by atoms with Gasteiger partial charge in [-0.15, -0.1) is 11.3 Å². The fourth-order valence-electron chi connectivity index (χ4n) is 2.08. The maximum absolute atomic E-state index is 12.1. The van der Waals surface area contributed by atoms with E-state index < -0.39 is 0 Å². The molecule has 7 heteroatoms. The Labute approximate surface area is 153 Å². The Morgan fingerprint density at radius 2 is 2.08 bits per heavy atom. The van der Waals surface area contributed by atoms with Crippen molar-refractivity contribution in [3.8, 4) is 10.7 Å². The van der Waals surface area contributed by atoms with Gasteiger partial charge in [-0.1, -0.05) is 35.3 Å². The maximum Gasteiger partial charge on any atom is 0.226 e. The SMILES string of the molecule is O=C(Cc1csc(-c2ccccn2)n1)NCc1ccc(Cl)cc1Cl. The highest BCUT2D eigenvalue weighted by atomic mass is 35.5. The Morgan fingerprint density at radius 3 is 2.83 bits per heavy atom. The molecule has 0 atom stereocenters. The standard InChI is InChI=1S/C17H13Cl2N3OS/c18-12-5-4-11(14(19)7-12)9-21-16(23)8-13-10-24-17(22-13)15-3-1-2-6-20-15/h1-7,10H,8-9H2,(H,21,23). The van der Waals surface area contributed by atoms with E-state index in [4.69, 9.17) is 23.2 Å². The zero-order chi connectivity index (χ0) is 16.9. The first-order chi connectivity index (χ1) is 11.6. The van der Waals surface area contributed by atoms with Crippen LogP contribution in [0, 0.1) is 0 Å². The summed E-state index contributed by atoms with van der Waals surface area (Å²) in [6.07, 6.45) is 1.94. The molecule has 3 aromatic rings. The van der Waals surface area contributed by atoms with E-state index in [9.17, 15) is 4.79 Å². The highest BCUT2D eigenvalue weighted by Gasteiger charge is 2.10. The number of aromatic nitrogens is 2. The number of carbonyl (C=O) groups is 1. The van der Waals surface area contributed by atoms with Crippen molar-refractivity contribution in [2.24, 2.45) is 0 Å². The highest BCUT2D eigenvalue weighted by molar-refractivity contribution is 7.13. The topological polar surface area (TPSA) is 54.9 Å². The van der Waals surface area contributed by atoms with Crippen LogP contribution in [0.15, 0.2) is 48.0 Å². The minimum Gasteiger partial charge on any atom is -0.352 e. The van der Waals surface area contributed by atoms with Gasteiger partial charge in [-0.2, -0.15) is 0 Å². The van der Waals surface area contributed by atoms with Gasteiger partial charge < -0.3 is 5.32 Å². The van der Waals surface area contributed by atoms with Crippen molar-refractivity contribution in [3.63, 3.8) is 0 Å². The lowest BCUT2D eigenvalue weighted by molar-refractivity contribution is -0.120. The first-order valence-electron chi connectivity index (χ1n) is 7.18. The van der Waals surface area contributed by atoms with Crippen LogP contribution in [0.25, 0.3) is 10.7 Å². The summed E-state index contributed by atoms with van der Waals surface area (Å²) in [6, 6.07) is 10.9. The Kier molecular flexibility index (Phi) is 5.45. The minimum atomic E-state index is -0.112. The van der Waals surface area contributed by atoms with Gasteiger partial charge in [0.25, 0.3) is 0 Å². The van der Waals surface area contributed by atoms with E-state index in [-0.39, 0.29) is 12.3 Å². The first-order valence-corrected chi connectivity index (χ1v) is 8.82. The van der Waals surface area contributed by atoms with Crippen LogP contribution in [0.1, 0.15) is 11.3 Å². The predicted molar refractivity (Wildman–Crippen MR) is 97.4 cm³/mol. The third-order valence-electron chi connectivity index (χ3n) is 3.27. The fraction of sp³-hybridized carbons (Fsp3) is 0.118. The molecule has 0 saturated heterocycles. The zero-order valence-electron chi connectivity index (χ0n) is 12.5. The summed E-state index contributed by atoms with van der Waals surface area (Å²) in [7, 11) is 0. The van der Waals surface area contributed by atoms with Gasteiger partial charge >= 0.3 is 0 Å². The average molecular weight is 378 g/mol. The third-order valence-corrected chi connectivity index (χ3v) is 4.77. The smallest absolute Gasteiger partial charge is 0.226 e. The lowest BCUT2D eigenvalue weighted by atomic mass is 10.2. The first kappa shape index (κ1) is 16.9. The van der Waals surface area contributed by atoms with Crippen molar-refractivity contribution in [3.05, 3.63) is 69.3 Å². The Balaban J connectivity index is 1.58. The van der Waals surface area contributed by atoms with Crippen LogP contribution in [0.3, 0.4) is 0 Å². The lowest BCUT2D eigenvalue weighted by Gasteiger charge is -2.06. The third kappa shape index (κ3) is 4.32. The van der Waals surface area contributed by atoms with Crippen LogP contribution < -0.4 is 5.32 Å². The predicted octanol–water partition coefficient (Wildman–Crippen LogP) is 4.37. The van der Waals surface area contributed by atoms with E-state index in [2.05, 4.69) is 15.3 Å². The zero-order valence-corrected chi connectivity index (χ0v) is 14.8. The number of benzene rings is 1. The van der Waals surface area contributed by atoms with Gasteiger partial charge in [0.15, 0.2) is 0 Å². The number of carbonyl (C=O) groups excluding carboxylic acids is 1. The molecule has 4 nitrogen and oxygen atoms in total. The molecular weight excluding hydrogens is 365 g/mol. The summed E-state index contributed by atoms with van der Waals surface area (Å²) in [6.45, 7) is 0.353. The van der Waals surface area contributed by atoms with E-state index >= 15 is 0 Å². The molecule has 0 aliphatic rings. The van der Waals surface area contributed by atoms with Crippen molar-refractivity contribution in [2.45, 2.75) is 13.0 Å². The molecule has 0 saturated carbocycles. The van der Waals surface area contributed by atoms with Crippen molar-refractivity contribution in [2.75, 3.05) is 0 Å². The molecule has 2 heterocycles. The van der Waals surface area contributed by atoms with Gasteiger partial charge in [0.1, 0.15) is 5.01 Å². The second-order valence-corrected chi connectivity index (χ2v) is 6.75. The van der Waals surface area contributed by atoms with Gasteiger partial charge in [-0.25, -0.2) is 4.98 Å². The largest absolute Gasteiger partial charge is 0.352 e. The number of hydrogen-bond donors (Lipinski definition) is 1. The molecule has 0 spiro atoms. The summed E-state index contributed by atoms with van der Waals surface area (Å²) in [5.41, 5.74) is 2.35. The molecule has 24 heavy (non-hydrogen) atoms. The van der Waals surface area contributed by atoms with E-state index in [1.54, 1.807) is 24.4 Å². The summed E-state index contributed by atoms with van der Waals surface area (Å²) in [5, 5.41) is 6.62. The summed E-state index contributed by atoms with van der Waals surface area (Å²) < 4.78 is 0. The molecule has 0 aliphatic heterocycles. The average Bonchev–Trinajstić information content (AvgIpc) is 3.03. The van der Waals surface area contributed by atoms with Gasteiger partial charge in [-0.3, -0.25) is 9.78 Å². The lowest BCUT2D eigenvalue weighted by Crippen LogP contribution is -2.24. The molecule has 1 N–H and O–H groups in total. The van der Waals surface area contributed by atoms with E-state index in [1.165, 1.54) is 11.3 Å². The number of thiazole rings is 1. The highest BCUT2D eigenvalue weighted by Crippen LogP contribution is 2.22. The van der Waals surface area contributed by atoms with E-state index in [1.807, 2.05) is 23.6 Å². The monoisotopic (exact) mass is 377 g/mol. The molecular formula is C17H13Cl2N3OS. The molecule has 3 rings (SSSR count). The second-order valence-electron chi connectivity index (χ2n) is 5.05. The van der Waals surface area contributed by atoms with Crippen LogP contribution in [-0.4, -0.2) is 15.9 Å². The van der Waals surface area contributed by atoms with Crippen molar-refractivity contribution >= 4 is 40.4 Å². The Morgan fingerprint density at radius 1 is 1.21 bits per heavy atom. The van der Waals surface area contributed by atoms with Crippen LogP contribution >= 0.6 is 34.5 Å². The van der Waals surface area contributed by atoms with Crippen molar-refractivity contribution in [1.29, 1.82) is 0 Å². The quantitative estimate of drug-likeness (QED) is 0.717. The number of hydrogen-bond acceptors (Lipinski definition) is 4. The van der Waals surface area contributed by atoms with Crippen LogP contribution in [0.4, 0.5) is 0 Å². The fourth-order valence-corrected chi connectivity index (χ4v) is 3.35.